The number of anilines is 1. The highest BCUT2D eigenvalue weighted by Crippen LogP contribution is 2.33. The molecule has 1 aromatic carbocycles. The molecular weight excluding hydrogens is 482 g/mol. The van der Waals surface area contributed by atoms with E-state index in [2.05, 4.69) is 34.0 Å². The lowest BCUT2D eigenvalue weighted by molar-refractivity contribution is 0.172. The Kier molecular flexibility index (Phi) is 7.31. The molecule has 1 saturated heterocycles. The van der Waals surface area contributed by atoms with Crippen molar-refractivity contribution in [3.8, 4) is 11.1 Å². The zero-order valence-electron chi connectivity index (χ0n) is 21.8. The summed E-state index contributed by atoms with van der Waals surface area (Å²) in [4.78, 5) is 11.6. The minimum Gasteiger partial charge on any atom is -0.370 e. The number of nitrogens with one attached hydrogen (secondary N) is 1. The Morgan fingerprint density at radius 1 is 1.05 bits per heavy atom. The first-order valence-corrected chi connectivity index (χ1v) is 14.5. The zero-order chi connectivity index (χ0) is 26.0. The molecule has 0 atom stereocenters. The van der Waals surface area contributed by atoms with Crippen molar-refractivity contribution < 1.29 is 8.42 Å². The zero-order valence-corrected chi connectivity index (χ0v) is 22.6. The molecule has 194 valence electrons. The molecule has 0 bridgehead atoms. The Morgan fingerprint density at radius 3 is 2.54 bits per heavy atom. The minimum absolute atomic E-state index is 0.252. The van der Waals surface area contributed by atoms with Crippen molar-refractivity contribution in [2.75, 3.05) is 31.5 Å². The third kappa shape index (κ3) is 5.55. The minimum atomic E-state index is -3.78. The van der Waals surface area contributed by atoms with E-state index in [4.69, 9.17) is 0 Å². The average molecular weight is 518 g/mol. The molecule has 0 amide bonds. The SMILES string of the molecule is Cc1ccc(S(=O)(=O)n2cc(-c3ccnc(NCC4CCN(CC(C)C)CC4)c3)c3ccncc32)cc1. The van der Waals surface area contributed by atoms with Crippen molar-refractivity contribution in [3.63, 3.8) is 0 Å². The summed E-state index contributed by atoms with van der Waals surface area (Å²) in [5.41, 5.74) is 3.31. The van der Waals surface area contributed by atoms with E-state index < -0.39 is 10.0 Å². The van der Waals surface area contributed by atoms with E-state index in [-0.39, 0.29) is 4.90 Å². The van der Waals surface area contributed by atoms with Gasteiger partial charge in [0, 0.05) is 42.6 Å². The van der Waals surface area contributed by atoms with Crippen LogP contribution in [-0.4, -0.2) is 53.4 Å². The van der Waals surface area contributed by atoms with Crippen molar-refractivity contribution >= 4 is 26.7 Å². The lowest BCUT2D eigenvalue weighted by Gasteiger charge is -2.33. The van der Waals surface area contributed by atoms with Crippen LogP contribution in [0.4, 0.5) is 5.82 Å². The first kappa shape index (κ1) is 25.4. The number of piperidine rings is 1. The van der Waals surface area contributed by atoms with Gasteiger partial charge in [0.25, 0.3) is 10.0 Å². The van der Waals surface area contributed by atoms with Crippen molar-refractivity contribution in [2.45, 2.75) is 38.5 Å². The Bertz CT molecular complexity index is 1470. The molecular formula is C29H35N5O2S. The Labute approximate surface area is 219 Å². The summed E-state index contributed by atoms with van der Waals surface area (Å²) in [6.45, 7) is 10.9. The first-order chi connectivity index (χ1) is 17.8. The fraction of sp³-hybridized carbons (Fsp3) is 0.379. The number of aryl methyl sites for hydroxylation is 1. The van der Waals surface area contributed by atoms with Crippen molar-refractivity contribution in [3.05, 3.63) is 72.8 Å². The Balaban J connectivity index is 1.38. The summed E-state index contributed by atoms with van der Waals surface area (Å²) < 4.78 is 28.4. The van der Waals surface area contributed by atoms with Crippen molar-refractivity contribution in [1.29, 1.82) is 0 Å². The van der Waals surface area contributed by atoms with Gasteiger partial charge in [-0.3, -0.25) is 4.98 Å². The highest BCUT2D eigenvalue weighted by Gasteiger charge is 2.23. The number of hydrogen-bond donors (Lipinski definition) is 1. The number of aromatic nitrogens is 3. The molecule has 1 aliphatic heterocycles. The lowest BCUT2D eigenvalue weighted by atomic mass is 9.96. The van der Waals surface area contributed by atoms with Gasteiger partial charge in [-0.15, -0.1) is 0 Å². The van der Waals surface area contributed by atoms with Crippen molar-refractivity contribution in [1.82, 2.24) is 18.8 Å². The maximum absolute atomic E-state index is 13.5. The van der Waals surface area contributed by atoms with Gasteiger partial charge in [0.1, 0.15) is 5.82 Å². The average Bonchev–Trinajstić information content (AvgIpc) is 3.29. The van der Waals surface area contributed by atoms with Crippen LogP contribution in [0.3, 0.4) is 0 Å². The second-order valence-electron chi connectivity index (χ2n) is 10.5. The highest BCUT2D eigenvalue weighted by molar-refractivity contribution is 7.90. The summed E-state index contributed by atoms with van der Waals surface area (Å²) in [6.07, 6.45) is 9.16. The molecule has 1 fully saturated rings. The van der Waals surface area contributed by atoms with Crippen LogP contribution < -0.4 is 5.32 Å². The van der Waals surface area contributed by atoms with Gasteiger partial charge in [0.15, 0.2) is 0 Å². The van der Waals surface area contributed by atoms with Gasteiger partial charge in [-0.1, -0.05) is 31.5 Å². The number of rotatable bonds is 8. The van der Waals surface area contributed by atoms with E-state index in [0.717, 1.165) is 47.5 Å². The molecule has 4 heterocycles. The molecule has 3 aromatic heterocycles. The molecule has 1 aliphatic rings. The summed E-state index contributed by atoms with van der Waals surface area (Å²) in [5.74, 6) is 2.13. The summed E-state index contributed by atoms with van der Waals surface area (Å²) in [5, 5.41) is 4.36. The van der Waals surface area contributed by atoms with Crippen LogP contribution in [0.1, 0.15) is 32.3 Å². The predicted molar refractivity (Wildman–Crippen MR) is 149 cm³/mol. The molecule has 0 radical (unpaired) electrons. The smallest absolute Gasteiger partial charge is 0.268 e. The van der Waals surface area contributed by atoms with E-state index in [1.54, 1.807) is 36.9 Å². The number of hydrogen-bond acceptors (Lipinski definition) is 6. The largest absolute Gasteiger partial charge is 0.370 e. The maximum Gasteiger partial charge on any atom is 0.268 e. The molecule has 4 aromatic rings. The second-order valence-corrected chi connectivity index (χ2v) is 12.3. The standard InChI is InChI=1S/C29H35N5O2S/c1-21(2)19-33-14-10-23(11-15-33)17-32-29-16-24(8-13-31-29)27-20-34(28-18-30-12-9-26(27)28)37(35,36)25-6-4-22(3)5-7-25/h4-9,12-13,16,18,20-21,23H,10-11,14-15,17,19H2,1-3H3,(H,31,32). The molecule has 0 aliphatic carbocycles. The van der Waals surface area contributed by atoms with Gasteiger partial charge < -0.3 is 10.2 Å². The molecule has 7 nitrogen and oxygen atoms in total. The predicted octanol–water partition coefficient (Wildman–Crippen LogP) is 5.42. The summed E-state index contributed by atoms with van der Waals surface area (Å²) in [6, 6.07) is 12.7. The second kappa shape index (κ2) is 10.6. The van der Waals surface area contributed by atoms with Crippen LogP contribution in [-0.2, 0) is 10.0 Å². The maximum atomic E-state index is 13.5. The molecule has 5 rings (SSSR count). The summed E-state index contributed by atoms with van der Waals surface area (Å²) >= 11 is 0. The quantitative estimate of drug-likeness (QED) is 0.336. The van der Waals surface area contributed by atoms with E-state index in [0.29, 0.717) is 17.4 Å². The van der Waals surface area contributed by atoms with Gasteiger partial charge in [-0.25, -0.2) is 17.4 Å². The van der Waals surface area contributed by atoms with Crippen LogP contribution >= 0.6 is 0 Å². The van der Waals surface area contributed by atoms with Gasteiger partial charge in [-0.05, 0) is 80.6 Å². The van der Waals surface area contributed by atoms with Crippen LogP contribution in [0.25, 0.3) is 22.0 Å². The molecule has 1 N–H and O–H groups in total. The van der Waals surface area contributed by atoms with Gasteiger partial charge in [0.2, 0.25) is 0 Å². The van der Waals surface area contributed by atoms with Gasteiger partial charge >= 0.3 is 0 Å². The van der Waals surface area contributed by atoms with Crippen LogP contribution in [0.5, 0.6) is 0 Å². The Morgan fingerprint density at radius 2 is 1.81 bits per heavy atom. The summed E-state index contributed by atoms with van der Waals surface area (Å²) in [7, 11) is -3.78. The molecule has 0 unspecified atom stereocenters. The van der Waals surface area contributed by atoms with Gasteiger partial charge in [-0.2, -0.15) is 0 Å². The molecule has 8 heteroatoms. The van der Waals surface area contributed by atoms with Crippen LogP contribution in [0.15, 0.2) is 72.1 Å². The number of likely N-dealkylation sites (tertiary alicyclic amines) is 1. The fourth-order valence-corrected chi connectivity index (χ4v) is 6.49. The third-order valence-electron chi connectivity index (χ3n) is 7.13. The number of fused-ring (bicyclic) bond motifs is 1. The molecule has 0 spiro atoms. The fourth-order valence-electron chi connectivity index (χ4n) is 5.13. The number of benzene rings is 1. The number of pyridine rings is 2. The third-order valence-corrected chi connectivity index (χ3v) is 8.81. The normalized spacial score (nSPS) is 15.5. The van der Waals surface area contributed by atoms with Crippen molar-refractivity contribution in [2.24, 2.45) is 11.8 Å². The van der Waals surface area contributed by atoms with Crippen LogP contribution in [0.2, 0.25) is 0 Å². The van der Waals surface area contributed by atoms with E-state index in [9.17, 15) is 8.42 Å². The number of nitrogens with zero attached hydrogens (tertiary/aromatic N) is 4. The highest BCUT2D eigenvalue weighted by atomic mass is 32.2. The van der Waals surface area contributed by atoms with E-state index in [1.807, 2.05) is 37.3 Å². The topological polar surface area (TPSA) is 80.1 Å². The van der Waals surface area contributed by atoms with E-state index in [1.165, 1.54) is 23.4 Å². The van der Waals surface area contributed by atoms with E-state index >= 15 is 0 Å². The monoisotopic (exact) mass is 517 g/mol. The van der Waals surface area contributed by atoms with Gasteiger partial charge in [0.05, 0.1) is 16.6 Å². The lowest BCUT2D eigenvalue weighted by Crippen LogP contribution is -2.37. The molecule has 37 heavy (non-hydrogen) atoms. The van der Waals surface area contributed by atoms with Crippen LogP contribution in [0, 0.1) is 18.8 Å². The first-order valence-electron chi connectivity index (χ1n) is 13.0. The Hall–Kier alpha value is -3.23. The molecule has 0 saturated carbocycles.